The first-order chi connectivity index (χ1) is 14.4. The van der Waals surface area contributed by atoms with Crippen molar-refractivity contribution in [1.29, 1.82) is 0 Å². The Morgan fingerprint density at radius 3 is 2.83 bits per heavy atom. The van der Waals surface area contributed by atoms with Crippen molar-refractivity contribution in [3.05, 3.63) is 70.2 Å². The molecule has 0 saturated carbocycles. The number of amides is 1. The van der Waals surface area contributed by atoms with Crippen molar-refractivity contribution in [3.63, 3.8) is 0 Å². The van der Waals surface area contributed by atoms with E-state index in [2.05, 4.69) is 9.71 Å². The van der Waals surface area contributed by atoms with Gasteiger partial charge in [-0.05, 0) is 41.8 Å². The van der Waals surface area contributed by atoms with Gasteiger partial charge in [-0.25, -0.2) is 13.4 Å². The van der Waals surface area contributed by atoms with Gasteiger partial charge in [0, 0.05) is 24.7 Å². The van der Waals surface area contributed by atoms with Gasteiger partial charge in [-0.3, -0.25) is 9.52 Å². The molecule has 0 bridgehead atoms. The molecule has 0 radical (unpaired) electrons. The zero-order valence-corrected chi connectivity index (χ0v) is 18.1. The lowest BCUT2D eigenvalue weighted by molar-refractivity contribution is -0.134. The Kier molecular flexibility index (Phi) is 5.94. The molecule has 0 atom stereocenters. The molecule has 0 unspecified atom stereocenters. The second kappa shape index (κ2) is 8.63. The van der Waals surface area contributed by atoms with Crippen LogP contribution in [0.25, 0.3) is 0 Å². The van der Waals surface area contributed by atoms with Crippen LogP contribution in [0.2, 0.25) is 5.02 Å². The fourth-order valence-electron chi connectivity index (χ4n) is 3.15. The third kappa shape index (κ3) is 4.58. The minimum absolute atomic E-state index is 0.136. The number of fused-ring (bicyclic) bond motifs is 1. The highest BCUT2D eigenvalue weighted by atomic mass is 35.5. The predicted octanol–water partition coefficient (Wildman–Crippen LogP) is 3.56. The molecular weight excluding hydrogens is 446 g/mol. The summed E-state index contributed by atoms with van der Waals surface area (Å²) in [6, 6.07) is 12.0. The molecule has 10 heteroatoms. The summed E-state index contributed by atoms with van der Waals surface area (Å²) in [5.41, 5.74) is 1.83. The number of nitrogens with zero attached hydrogens (tertiary/aromatic N) is 2. The third-order valence-corrected chi connectivity index (χ3v) is 7.16. The molecule has 1 N–H and O–H groups in total. The van der Waals surface area contributed by atoms with Gasteiger partial charge in [-0.1, -0.05) is 29.8 Å². The van der Waals surface area contributed by atoms with Gasteiger partial charge in [0.15, 0.2) is 11.7 Å². The molecule has 0 fully saturated rings. The van der Waals surface area contributed by atoms with Crippen molar-refractivity contribution in [2.45, 2.75) is 17.9 Å². The number of aromatic nitrogens is 1. The van der Waals surface area contributed by atoms with Crippen LogP contribution in [0.4, 0.5) is 5.13 Å². The van der Waals surface area contributed by atoms with Crippen molar-refractivity contribution in [2.24, 2.45) is 0 Å². The predicted molar refractivity (Wildman–Crippen MR) is 115 cm³/mol. The molecule has 156 valence electrons. The van der Waals surface area contributed by atoms with Gasteiger partial charge in [0.25, 0.3) is 15.9 Å². The Bertz CT molecular complexity index is 1170. The summed E-state index contributed by atoms with van der Waals surface area (Å²) >= 11 is 7.26. The van der Waals surface area contributed by atoms with Crippen LogP contribution in [0.1, 0.15) is 11.1 Å². The van der Waals surface area contributed by atoms with Gasteiger partial charge in [0.05, 0.1) is 9.92 Å². The average Bonchev–Trinajstić information content (AvgIpc) is 3.24. The molecule has 1 aromatic heterocycles. The highest BCUT2D eigenvalue weighted by molar-refractivity contribution is 7.93. The van der Waals surface area contributed by atoms with Crippen LogP contribution in [-0.4, -0.2) is 37.4 Å². The zero-order valence-electron chi connectivity index (χ0n) is 15.7. The summed E-state index contributed by atoms with van der Waals surface area (Å²) in [6.45, 7) is 0.727. The Hall–Kier alpha value is -2.62. The normalized spacial score (nSPS) is 13.6. The molecule has 7 nitrogen and oxygen atoms in total. The van der Waals surface area contributed by atoms with Gasteiger partial charge in [-0.2, -0.15) is 0 Å². The van der Waals surface area contributed by atoms with Gasteiger partial charge in [0.1, 0.15) is 5.75 Å². The van der Waals surface area contributed by atoms with Crippen LogP contribution in [0, 0.1) is 0 Å². The molecule has 0 saturated heterocycles. The number of ether oxygens (including phenoxy) is 1. The molecule has 0 aliphatic carbocycles. The molecule has 1 aliphatic rings. The maximum Gasteiger partial charge on any atom is 0.263 e. The Morgan fingerprint density at radius 2 is 2.07 bits per heavy atom. The van der Waals surface area contributed by atoms with Crippen LogP contribution < -0.4 is 9.46 Å². The number of thiazole rings is 1. The molecule has 3 aromatic rings. The fraction of sp³-hybridized carbons (Fsp3) is 0.200. The van der Waals surface area contributed by atoms with E-state index in [4.69, 9.17) is 16.3 Å². The van der Waals surface area contributed by atoms with Crippen molar-refractivity contribution in [1.82, 2.24) is 9.88 Å². The topological polar surface area (TPSA) is 88.6 Å². The van der Waals surface area contributed by atoms with Gasteiger partial charge >= 0.3 is 0 Å². The molecule has 2 aromatic carbocycles. The van der Waals surface area contributed by atoms with Gasteiger partial charge in [-0.15, -0.1) is 11.3 Å². The van der Waals surface area contributed by atoms with E-state index in [1.54, 1.807) is 52.7 Å². The Morgan fingerprint density at radius 1 is 1.23 bits per heavy atom. The summed E-state index contributed by atoms with van der Waals surface area (Å²) < 4.78 is 33.3. The van der Waals surface area contributed by atoms with Crippen LogP contribution in [0.15, 0.2) is 58.9 Å². The van der Waals surface area contributed by atoms with Gasteiger partial charge < -0.3 is 9.64 Å². The summed E-state index contributed by atoms with van der Waals surface area (Å²) in [5, 5.41) is 2.44. The number of halogens is 1. The number of carbonyl (C=O) groups excluding carboxylic acids is 1. The molecule has 1 aliphatic heterocycles. The smallest absolute Gasteiger partial charge is 0.263 e. The zero-order chi connectivity index (χ0) is 21.1. The van der Waals surface area contributed by atoms with Crippen molar-refractivity contribution in [3.8, 4) is 5.75 Å². The van der Waals surface area contributed by atoms with E-state index in [0.717, 1.165) is 11.1 Å². The number of hydrogen-bond acceptors (Lipinski definition) is 6. The molecular formula is C20H18ClN3O4S2. The average molecular weight is 464 g/mol. The summed E-state index contributed by atoms with van der Waals surface area (Å²) in [5.74, 6) is 0.265. The number of benzene rings is 2. The molecule has 0 spiro atoms. The highest BCUT2D eigenvalue weighted by Crippen LogP contribution is 2.26. The second-order valence-corrected chi connectivity index (χ2v) is 9.64. The summed E-state index contributed by atoms with van der Waals surface area (Å²) in [4.78, 5) is 18.4. The molecule has 2 heterocycles. The van der Waals surface area contributed by atoms with Crippen molar-refractivity contribution in [2.75, 3.05) is 17.9 Å². The number of carbonyl (C=O) groups is 1. The van der Waals surface area contributed by atoms with Crippen molar-refractivity contribution >= 4 is 44.0 Å². The molecule has 4 rings (SSSR count). The first-order valence-corrected chi connectivity index (χ1v) is 11.9. The monoisotopic (exact) mass is 463 g/mol. The van der Waals surface area contributed by atoms with Crippen LogP contribution in [0.5, 0.6) is 5.75 Å². The molecule has 1 amide bonds. The second-order valence-electron chi connectivity index (χ2n) is 6.66. The van der Waals surface area contributed by atoms with E-state index in [-0.39, 0.29) is 17.4 Å². The quantitative estimate of drug-likeness (QED) is 0.603. The van der Waals surface area contributed by atoms with E-state index in [1.165, 1.54) is 17.5 Å². The minimum atomic E-state index is -3.75. The van der Waals surface area contributed by atoms with E-state index in [1.807, 2.05) is 0 Å². The number of rotatable bonds is 6. The maximum atomic E-state index is 12.6. The summed E-state index contributed by atoms with van der Waals surface area (Å²) in [7, 11) is -3.75. The van der Waals surface area contributed by atoms with Crippen LogP contribution in [-0.2, 0) is 27.8 Å². The van der Waals surface area contributed by atoms with E-state index < -0.39 is 10.0 Å². The maximum absolute atomic E-state index is 12.6. The SMILES string of the molecule is O=C(COc1ccccc1Cl)N1CCc2ccc(S(=O)(=O)Nc3nccs3)cc2C1. The van der Waals surface area contributed by atoms with Crippen LogP contribution in [0.3, 0.4) is 0 Å². The Balaban J connectivity index is 1.45. The standard InChI is InChI=1S/C20H18ClN3O4S2/c21-17-3-1-2-4-18(17)28-13-19(25)24-9-7-14-5-6-16(11-15(14)12-24)30(26,27)23-20-22-8-10-29-20/h1-6,8,10-11H,7,9,12-13H2,(H,22,23). The number of hydrogen-bond donors (Lipinski definition) is 1. The first-order valence-electron chi connectivity index (χ1n) is 9.11. The number of para-hydroxylation sites is 1. The lowest BCUT2D eigenvalue weighted by atomic mass is 10.00. The van der Waals surface area contributed by atoms with E-state index in [9.17, 15) is 13.2 Å². The Labute approximate surface area is 183 Å². The van der Waals surface area contributed by atoms with Gasteiger partial charge in [0.2, 0.25) is 0 Å². The lowest BCUT2D eigenvalue weighted by Crippen LogP contribution is -2.39. The van der Waals surface area contributed by atoms with Crippen LogP contribution >= 0.6 is 22.9 Å². The first kappa shape index (κ1) is 20.6. The number of sulfonamides is 1. The number of nitrogens with one attached hydrogen (secondary N) is 1. The van der Waals surface area contributed by atoms with Crippen molar-refractivity contribution < 1.29 is 17.9 Å². The fourth-order valence-corrected chi connectivity index (χ4v) is 5.18. The largest absolute Gasteiger partial charge is 0.482 e. The molecule has 30 heavy (non-hydrogen) atoms. The summed E-state index contributed by atoms with van der Waals surface area (Å²) in [6.07, 6.45) is 2.18. The highest BCUT2D eigenvalue weighted by Gasteiger charge is 2.24. The lowest BCUT2D eigenvalue weighted by Gasteiger charge is -2.29. The number of anilines is 1. The third-order valence-electron chi connectivity index (χ3n) is 4.69. The van der Waals surface area contributed by atoms with E-state index >= 15 is 0 Å². The minimum Gasteiger partial charge on any atom is -0.482 e. The van der Waals surface area contributed by atoms with E-state index in [0.29, 0.717) is 35.4 Å².